The standard InChI is InChI=1S/C39H61NO10/c1-22-5-6-27-7-9-32-23(2)14-28(47-32)4-3-12-44-36-20-37(38-31(43)11-13-45-38)50-33-10-8-29(49-39(33)36)17-25(41)15-24-16-30(18-26(42)21-40)48-35(24)19-34(22)46-27/h24,26-39,42-43H,1-21,40H2/t24?,26?,27?,28-,29?,30-,31+,32?,33-,34?,35-,36+,37?,38?,39-/m0/s1. The lowest BCUT2D eigenvalue weighted by atomic mass is 9.85. The number of aliphatic hydroxyl groups is 2. The van der Waals surface area contributed by atoms with Crippen LogP contribution in [0, 0.1) is 5.92 Å². The van der Waals surface area contributed by atoms with Crippen molar-refractivity contribution in [2.24, 2.45) is 11.7 Å². The van der Waals surface area contributed by atoms with Crippen molar-refractivity contribution in [1.82, 2.24) is 0 Å². The van der Waals surface area contributed by atoms with Crippen molar-refractivity contribution in [3.63, 3.8) is 0 Å². The van der Waals surface area contributed by atoms with Crippen LogP contribution < -0.4 is 5.73 Å². The van der Waals surface area contributed by atoms with Crippen molar-refractivity contribution >= 4 is 5.78 Å². The molecule has 7 fully saturated rings. The molecule has 7 saturated heterocycles. The van der Waals surface area contributed by atoms with E-state index in [2.05, 4.69) is 13.2 Å². The number of carbonyl (C=O) groups excluding carboxylic acids is 1. The monoisotopic (exact) mass is 703 g/mol. The first kappa shape index (κ1) is 37.1. The van der Waals surface area contributed by atoms with Crippen LogP contribution in [-0.4, -0.2) is 121 Å². The van der Waals surface area contributed by atoms with Crippen LogP contribution >= 0.6 is 0 Å². The Kier molecular flexibility index (Phi) is 12.5. The summed E-state index contributed by atoms with van der Waals surface area (Å²) in [4.78, 5) is 13.8. The van der Waals surface area contributed by atoms with Gasteiger partial charge in [-0.2, -0.15) is 0 Å². The van der Waals surface area contributed by atoms with Gasteiger partial charge in [-0.25, -0.2) is 0 Å². The number of aliphatic hydroxyl groups excluding tert-OH is 2. The van der Waals surface area contributed by atoms with Crippen LogP contribution in [0.5, 0.6) is 0 Å². The van der Waals surface area contributed by atoms with Crippen molar-refractivity contribution in [1.29, 1.82) is 0 Å². The highest BCUT2D eigenvalue weighted by Crippen LogP contribution is 2.41. The second kappa shape index (κ2) is 16.8. The number of nitrogens with two attached hydrogens (primary N) is 1. The molecule has 282 valence electrons. The van der Waals surface area contributed by atoms with Crippen molar-refractivity contribution in [2.75, 3.05) is 19.8 Å². The molecule has 7 aliphatic rings. The molecule has 0 aliphatic carbocycles. The van der Waals surface area contributed by atoms with Crippen molar-refractivity contribution < 1.29 is 48.2 Å². The topological polar surface area (TPSA) is 148 Å². The van der Waals surface area contributed by atoms with Gasteiger partial charge in [-0.15, -0.1) is 0 Å². The van der Waals surface area contributed by atoms with Crippen molar-refractivity contribution in [3.8, 4) is 0 Å². The van der Waals surface area contributed by atoms with Gasteiger partial charge in [0.05, 0.1) is 73.2 Å². The van der Waals surface area contributed by atoms with Crippen LogP contribution in [0.25, 0.3) is 0 Å². The minimum atomic E-state index is -0.636. The van der Waals surface area contributed by atoms with E-state index < -0.39 is 12.2 Å². The Morgan fingerprint density at radius 1 is 0.700 bits per heavy atom. The number of ether oxygens (including phenoxy) is 7. The lowest BCUT2D eigenvalue weighted by Gasteiger charge is -2.47. The highest BCUT2D eigenvalue weighted by atomic mass is 16.6. The number of hydrogen-bond acceptors (Lipinski definition) is 11. The number of fused-ring (bicyclic) bond motifs is 6. The number of ketones is 1. The zero-order valence-electron chi connectivity index (χ0n) is 29.7. The number of carbonyl (C=O) groups is 1. The summed E-state index contributed by atoms with van der Waals surface area (Å²) < 4.78 is 45.5. The van der Waals surface area contributed by atoms with Gasteiger partial charge in [-0.3, -0.25) is 4.79 Å². The quantitative estimate of drug-likeness (QED) is 0.367. The molecular formula is C39H61NO10. The van der Waals surface area contributed by atoms with E-state index in [9.17, 15) is 15.0 Å². The number of hydrogen-bond donors (Lipinski definition) is 3. The van der Waals surface area contributed by atoms with E-state index in [1.807, 2.05) is 0 Å². The van der Waals surface area contributed by atoms with Gasteiger partial charge >= 0.3 is 0 Å². The Labute approximate surface area is 297 Å². The SMILES string of the molecule is C=C1CCC2CCC3O[C@@H](CCCO[C@@H]4CC(C5OCC[C@H]5O)O[C@H]5CCC(CC(=O)CC6C[C@@H](CC(O)CN)O[C@H]6CC1O2)O[C@@H]54)CC3=C. The maximum Gasteiger partial charge on any atom is 0.135 e. The third-order valence-corrected chi connectivity index (χ3v) is 12.5. The fourth-order valence-electron chi connectivity index (χ4n) is 9.71. The molecule has 0 amide bonds. The second-order valence-electron chi connectivity index (χ2n) is 16.2. The Balaban J connectivity index is 1.07. The molecule has 15 atom stereocenters. The first-order chi connectivity index (χ1) is 24.2. The summed E-state index contributed by atoms with van der Waals surface area (Å²) in [5.74, 6) is 0.184. The minimum Gasteiger partial charge on any atom is -0.392 e. The third kappa shape index (κ3) is 8.92. The van der Waals surface area contributed by atoms with Crippen LogP contribution in [0.3, 0.4) is 0 Å². The summed E-state index contributed by atoms with van der Waals surface area (Å²) in [7, 11) is 0. The molecule has 0 aromatic heterocycles. The van der Waals surface area contributed by atoms with E-state index in [-0.39, 0.29) is 91.5 Å². The summed E-state index contributed by atoms with van der Waals surface area (Å²) >= 11 is 0. The number of rotatable bonds is 4. The van der Waals surface area contributed by atoms with Crippen molar-refractivity contribution in [2.45, 2.75) is 188 Å². The third-order valence-electron chi connectivity index (χ3n) is 12.5. The fraction of sp³-hybridized carbons (Fsp3) is 0.872. The molecule has 0 aromatic carbocycles. The van der Waals surface area contributed by atoms with Crippen LogP contribution in [0.4, 0.5) is 0 Å². The number of Topliss-reactive ketones (excluding diaryl/α,β-unsaturated/α-hetero) is 1. The molecule has 11 heteroatoms. The summed E-state index contributed by atoms with van der Waals surface area (Å²) in [5, 5.41) is 20.9. The molecule has 6 bridgehead atoms. The van der Waals surface area contributed by atoms with Gasteiger partial charge in [-0.05, 0) is 87.7 Å². The van der Waals surface area contributed by atoms with Gasteiger partial charge in [0.2, 0.25) is 0 Å². The highest BCUT2D eigenvalue weighted by Gasteiger charge is 2.49. The van der Waals surface area contributed by atoms with E-state index in [4.69, 9.17) is 38.9 Å². The zero-order valence-corrected chi connectivity index (χ0v) is 29.7. The molecule has 7 rings (SSSR count). The maximum absolute atomic E-state index is 13.8. The Morgan fingerprint density at radius 2 is 1.52 bits per heavy atom. The predicted octanol–water partition coefficient (Wildman–Crippen LogP) is 3.84. The van der Waals surface area contributed by atoms with Gasteiger partial charge in [0, 0.05) is 51.9 Å². The van der Waals surface area contributed by atoms with Crippen LogP contribution in [-0.2, 0) is 38.0 Å². The molecule has 8 unspecified atom stereocenters. The molecule has 7 aliphatic heterocycles. The molecule has 7 heterocycles. The van der Waals surface area contributed by atoms with E-state index in [0.717, 1.165) is 68.9 Å². The fourth-order valence-corrected chi connectivity index (χ4v) is 9.71. The first-order valence-corrected chi connectivity index (χ1v) is 19.7. The smallest absolute Gasteiger partial charge is 0.135 e. The molecule has 0 radical (unpaired) electrons. The largest absolute Gasteiger partial charge is 0.392 e. The summed E-state index contributed by atoms with van der Waals surface area (Å²) in [6.07, 6.45) is 8.62. The van der Waals surface area contributed by atoms with Crippen LogP contribution in [0.1, 0.15) is 103 Å². The van der Waals surface area contributed by atoms with E-state index in [0.29, 0.717) is 58.2 Å². The van der Waals surface area contributed by atoms with Gasteiger partial charge < -0.3 is 49.1 Å². The van der Waals surface area contributed by atoms with Gasteiger partial charge in [-0.1, -0.05) is 13.2 Å². The van der Waals surface area contributed by atoms with E-state index >= 15 is 0 Å². The summed E-state index contributed by atoms with van der Waals surface area (Å²) in [6.45, 7) is 10.0. The highest BCUT2D eigenvalue weighted by molar-refractivity contribution is 5.79. The molecule has 50 heavy (non-hydrogen) atoms. The second-order valence-corrected chi connectivity index (χ2v) is 16.2. The lowest BCUT2D eigenvalue weighted by Crippen LogP contribution is -2.57. The zero-order chi connectivity index (χ0) is 34.8. The lowest BCUT2D eigenvalue weighted by molar-refractivity contribution is -0.254. The average molecular weight is 704 g/mol. The van der Waals surface area contributed by atoms with Gasteiger partial charge in [0.25, 0.3) is 0 Å². The Hall–Kier alpha value is -1.25. The minimum absolute atomic E-state index is 0.0169. The molecular weight excluding hydrogens is 642 g/mol. The first-order valence-electron chi connectivity index (χ1n) is 19.7. The molecule has 0 spiro atoms. The molecule has 11 nitrogen and oxygen atoms in total. The molecule has 0 aromatic rings. The normalized spacial score (nSPS) is 45.8. The molecule has 0 saturated carbocycles. The summed E-state index contributed by atoms with van der Waals surface area (Å²) in [6, 6.07) is 0. The Morgan fingerprint density at radius 3 is 2.34 bits per heavy atom. The van der Waals surface area contributed by atoms with E-state index in [1.54, 1.807) is 0 Å². The van der Waals surface area contributed by atoms with Gasteiger partial charge in [0.15, 0.2) is 0 Å². The van der Waals surface area contributed by atoms with Crippen molar-refractivity contribution in [3.05, 3.63) is 24.3 Å². The van der Waals surface area contributed by atoms with E-state index in [1.165, 1.54) is 0 Å². The summed E-state index contributed by atoms with van der Waals surface area (Å²) in [5.41, 5.74) is 8.00. The maximum atomic E-state index is 13.8. The van der Waals surface area contributed by atoms with Crippen LogP contribution in [0.2, 0.25) is 0 Å². The van der Waals surface area contributed by atoms with Gasteiger partial charge in [0.1, 0.15) is 18.0 Å². The average Bonchev–Trinajstić information content (AvgIpc) is 3.80. The Bertz CT molecular complexity index is 1180. The molecule has 4 N–H and O–H groups in total. The van der Waals surface area contributed by atoms with Crippen LogP contribution in [0.15, 0.2) is 24.3 Å². The predicted molar refractivity (Wildman–Crippen MR) is 185 cm³/mol.